The average molecular weight is 275 g/mol. The number of amides is 2. The summed E-state index contributed by atoms with van der Waals surface area (Å²) in [5.74, 6) is -0.234. The van der Waals surface area contributed by atoms with Gasteiger partial charge in [0.05, 0.1) is 5.41 Å². The first-order valence-electron chi connectivity index (χ1n) is 6.91. The molecule has 2 amide bonds. The Labute approximate surface area is 119 Å². The SMILES string of the molecule is C[C@H](c1ccc(CCO)cc1)[C@]1(C)CC(=O)N(C)C1=O. The molecule has 0 spiro atoms. The Hall–Kier alpha value is -1.68. The molecule has 1 saturated heterocycles. The van der Waals surface area contributed by atoms with E-state index >= 15 is 0 Å². The minimum atomic E-state index is -0.662. The van der Waals surface area contributed by atoms with E-state index < -0.39 is 5.41 Å². The number of hydrogen-bond acceptors (Lipinski definition) is 3. The lowest BCUT2D eigenvalue weighted by Gasteiger charge is -2.29. The van der Waals surface area contributed by atoms with Gasteiger partial charge < -0.3 is 5.11 Å². The third kappa shape index (κ3) is 2.36. The van der Waals surface area contributed by atoms with Crippen LogP contribution in [0.3, 0.4) is 0 Å². The number of benzene rings is 1. The fraction of sp³-hybridized carbons (Fsp3) is 0.500. The van der Waals surface area contributed by atoms with Crippen molar-refractivity contribution in [1.82, 2.24) is 4.90 Å². The Morgan fingerprint density at radius 3 is 2.35 bits per heavy atom. The molecule has 1 aliphatic rings. The molecule has 20 heavy (non-hydrogen) atoms. The van der Waals surface area contributed by atoms with Crippen LogP contribution in [0.5, 0.6) is 0 Å². The summed E-state index contributed by atoms with van der Waals surface area (Å²) in [5.41, 5.74) is 1.45. The van der Waals surface area contributed by atoms with Crippen LogP contribution >= 0.6 is 0 Å². The molecule has 108 valence electrons. The highest BCUT2D eigenvalue weighted by Gasteiger charge is 2.50. The zero-order valence-electron chi connectivity index (χ0n) is 12.2. The van der Waals surface area contributed by atoms with E-state index in [1.165, 1.54) is 4.90 Å². The lowest BCUT2D eigenvalue weighted by molar-refractivity contribution is -0.139. The smallest absolute Gasteiger partial charge is 0.235 e. The van der Waals surface area contributed by atoms with Crippen LogP contribution < -0.4 is 0 Å². The van der Waals surface area contributed by atoms with Gasteiger partial charge in [0.15, 0.2) is 0 Å². The van der Waals surface area contributed by atoms with Crippen LogP contribution in [-0.2, 0) is 16.0 Å². The third-order valence-electron chi connectivity index (χ3n) is 4.52. The second kappa shape index (κ2) is 5.37. The van der Waals surface area contributed by atoms with Gasteiger partial charge in [0.25, 0.3) is 0 Å². The van der Waals surface area contributed by atoms with Gasteiger partial charge >= 0.3 is 0 Å². The summed E-state index contributed by atoms with van der Waals surface area (Å²) in [4.78, 5) is 25.3. The van der Waals surface area contributed by atoms with E-state index in [1.54, 1.807) is 7.05 Å². The highest BCUT2D eigenvalue weighted by molar-refractivity contribution is 6.05. The van der Waals surface area contributed by atoms with Crippen LogP contribution in [0.4, 0.5) is 0 Å². The predicted octanol–water partition coefficient (Wildman–Crippen LogP) is 1.72. The van der Waals surface area contributed by atoms with Gasteiger partial charge in [-0.1, -0.05) is 31.2 Å². The quantitative estimate of drug-likeness (QED) is 0.851. The minimum absolute atomic E-state index is 0.0212. The molecule has 0 aliphatic carbocycles. The lowest BCUT2D eigenvalue weighted by atomic mass is 9.73. The summed E-state index contributed by atoms with van der Waals surface area (Å²) in [6, 6.07) is 7.90. The van der Waals surface area contributed by atoms with Crippen LogP contribution in [-0.4, -0.2) is 35.5 Å². The maximum absolute atomic E-state index is 12.3. The molecule has 1 aromatic rings. The van der Waals surface area contributed by atoms with E-state index in [0.29, 0.717) is 6.42 Å². The third-order valence-corrected chi connectivity index (χ3v) is 4.52. The Bertz CT molecular complexity index is 523. The van der Waals surface area contributed by atoms with E-state index in [9.17, 15) is 9.59 Å². The Morgan fingerprint density at radius 1 is 1.30 bits per heavy atom. The summed E-state index contributed by atoms with van der Waals surface area (Å²) < 4.78 is 0. The first-order chi connectivity index (χ1) is 9.40. The van der Waals surface area contributed by atoms with Crippen LogP contribution in [0.15, 0.2) is 24.3 Å². The topological polar surface area (TPSA) is 57.6 Å². The Kier molecular flexibility index (Phi) is 3.95. The minimum Gasteiger partial charge on any atom is -0.396 e. The van der Waals surface area contributed by atoms with Gasteiger partial charge in [-0.25, -0.2) is 0 Å². The monoisotopic (exact) mass is 275 g/mol. The molecule has 0 aromatic heterocycles. The number of imide groups is 1. The first kappa shape index (κ1) is 14.7. The maximum Gasteiger partial charge on any atom is 0.235 e. The lowest BCUT2D eigenvalue weighted by Crippen LogP contribution is -2.34. The molecule has 4 heteroatoms. The van der Waals surface area contributed by atoms with Crippen molar-refractivity contribution in [3.8, 4) is 0 Å². The zero-order valence-corrected chi connectivity index (χ0v) is 12.2. The maximum atomic E-state index is 12.3. The van der Waals surface area contributed by atoms with Crippen molar-refractivity contribution in [3.05, 3.63) is 35.4 Å². The van der Waals surface area contributed by atoms with Crippen molar-refractivity contribution in [2.24, 2.45) is 5.41 Å². The van der Waals surface area contributed by atoms with E-state index in [4.69, 9.17) is 5.11 Å². The van der Waals surface area contributed by atoms with Crippen molar-refractivity contribution in [2.45, 2.75) is 32.6 Å². The molecule has 1 aliphatic heterocycles. The van der Waals surface area contributed by atoms with E-state index in [0.717, 1.165) is 11.1 Å². The highest BCUT2D eigenvalue weighted by atomic mass is 16.3. The number of aliphatic hydroxyl groups excluding tert-OH is 1. The van der Waals surface area contributed by atoms with Crippen molar-refractivity contribution in [2.75, 3.05) is 13.7 Å². The molecule has 2 rings (SSSR count). The standard InChI is InChI=1S/C16H21NO3/c1-11(13-6-4-12(5-7-13)8-9-18)16(2)10-14(19)17(3)15(16)20/h4-7,11,18H,8-10H2,1-3H3/t11-,16+/m1/s1. The molecule has 0 radical (unpaired) electrons. The summed E-state index contributed by atoms with van der Waals surface area (Å²) in [5, 5.41) is 8.92. The Balaban J connectivity index is 2.24. The van der Waals surface area contributed by atoms with Crippen LogP contribution in [0.1, 0.15) is 37.3 Å². The largest absolute Gasteiger partial charge is 0.396 e. The van der Waals surface area contributed by atoms with Crippen LogP contribution in [0, 0.1) is 5.41 Å². The van der Waals surface area contributed by atoms with Gasteiger partial charge in [0, 0.05) is 20.1 Å². The van der Waals surface area contributed by atoms with Crippen LogP contribution in [0.25, 0.3) is 0 Å². The number of hydrogen-bond donors (Lipinski definition) is 1. The van der Waals surface area contributed by atoms with E-state index in [2.05, 4.69) is 0 Å². The van der Waals surface area contributed by atoms with Crippen molar-refractivity contribution < 1.29 is 14.7 Å². The fourth-order valence-electron chi connectivity index (χ4n) is 2.81. The van der Waals surface area contributed by atoms with Gasteiger partial charge in [-0.3, -0.25) is 14.5 Å². The normalized spacial score (nSPS) is 24.3. The number of carbonyl (C=O) groups is 2. The second-order valence-corrected chi connectivity index (χ2v) is 5.79. The van der Waals surface area contributed by atoms with Crippen LogP contribution in [0.2, 0.25) is 0 Å². The predicted molar refractivity (Wildman–Crippen MR) is 76.1 cm³/mol. The van der Waals surface area contributed by atoms with Gasteiger partial charge in [-0.2, -0.15) is 0 Å². The molecule has 2 atom stereocenters. The second-order valence-electron chi connectivity index (χ2n) is 5.79. The summed E-state index contributed by atoms with van der Waals surface area (Å²) >= 11 is 0. The summed E-state index contributed by atoms with van der Waals surface area (Å²) in [6.45, 7) is 3.98. The van der Waals surface area contributed by atoms with Crippen molar-refractivity contribution in [3.63, 3.8) is 0 Å². The average Bonchev–Trinajstić information content (AvgIpc) is 2.64. The van der Waals surface area contributed by atoms with E-state index in [-0.39, 0.29) is 30.8 Å². The highest BCUT2D eigenvalue weighted by Crippen LogP contribution is 2.44. The molecule has 0 unspecified atom stereocenters. The van der Waals surface area contributed by atoms with Gasteiger partial charge in [-0.05, 0) is 30.4 Å². The van der Waals surface area contributed by atoms with Gasteiger partial charge in [0.2, 0.25) is 11.8 Å². The zero-order chi connectivity index (χ0) is 14.9. The fourth-order valence-corrected chi connectivity index (χ4v) is 2.81. The van der Waals surface area contributed by atoms with Gasteiger partial charge in [0.1, 0.15) is 0 Å². The molecule has 1 aromatic carbocycles. The number of rotatable bonds is 4. The molecule has 1 fully saturated rings. The van der Waals surface area contributed by atoms with Gasteiger partial charge in [-0.15, -0.1) is 0 Å². The molecule has 0 saturated carbocycles. The number of carbonyl (C=O) groups excluding carboxylic acids is 2. The number of aliphatic hydroxyl groups is 1. The molecule has 1 heterocycles. The molecular weight excluding hydrogens is 254 g/mol. The van der Waals surface area contributed by atoms with Crippen molar-refractivity contribution >= 4 is 11.8 Å². The molecule has 1 N–H and O–H groups in total. The molecular formula is C16H21NO3. The first-order valence-corrected chi connectivity index (χ1v) is 6.91. The van der Waals surface area contributed by atoms with Crippen molar-refractivity contribution in [1.29, 1.82) is 0 Å². The molecule has 4 nitrogen and oxygen atoms in total. The summed E-state index contributed by atoms with van der Waals surface area (Å²) in [7, 11) is 1.55. The molecule has 0 bridgehead atoms. The number of nitrogens with zero attached hydrogens (tertiary/aromatic N) is 1. The Morgan fingerprint density at radius 2 is 1.90 bits per heavy atom. The summed E-state index contributed by atoms with van der Waals surface area (Å²) in [6.07, 6.45) is 0.897. The number of likely N-dealkylation sites (tertiary alicyclic amines) is 1. The van der Waals surface area contributed by atoms with E-state index in [1.807, 2.05) is 38.1 Å².